The Balaban J connectivity index is 1.49. The molecule has 7 heteroatoms. The first-order valence-electron chi connectivity index (χ1n) is 10.1. The van der Waals surface area contributed by atoms with Crippen LogP contribution < -0.4 is 4.83 Å². The molecule has 2 fully saturated rings. The SMILES string of the molecule is CS(=O)(=O)NN1C[C@H](c2ccc(C3CC3)cc2)N(CCCc2ccccc2)C1=O. The highest BCUT2D eigenvalue weighted by molar-refractivity contribution is 7.88. The lowest BCUT2D eigenvalue weighted by Gasteiger charge is -2.23. The van der Waals surface area contributed by atoms with Crippen LogP contribution in [0.1, 0.15) is 47.9 Å². The first kappa shape index (κ1) is 19.9. The van der Waals surface area contributed by atoms with Crippen LogP contribution in [0, 0.1) is 0 Å². The van der Waals surface area contributed by atoms with Crippen molar-refractivity contribution in [2.24, 2.45) is 0 Å². The zero-order valence-corrected chi connectivity index (χ0v) is 17.4. The summed E-state index contributed by atoms with van der Waals surface area (Å²) in [5.74, 6) is 0.680. The molecule has 1 saturated carbocycles. The van der Waals surface area contributed by atoms with Crippen LogP contribution in [0.4, 0.5) is 4.79 Å². The molecule has 1 saturated heterocycles. The molecule has 1 aliphatic carbocycles. The largest absolute Gasteiger partial charge is 0.335 e. The van der Waals surface area contributed by atoms with Gasteiger partial charge in [0.05, 0.1) is 18.8 Å². The van der Waals surface area contributed by atoms with Gasteiger partial charge in [-0.05, 0) is 48.3 Å². The van der Waals surface area contributed by atoms with Gasteiger partial charge in [0, 0.05) is 6.54 Å². The van der Waals surface area contributed by atoms with E-state index in [2.05, 4.69) is 41.2 Å². The molecule has 1 aliphatic heterocycles. The van der Waals surface area contributed by atoms with Gasteiger partial charge in [0.25, 0.3) is 0 Å². The minimum atomic E-state index is -3.51. The van der Waals surface area contributed by atoms with E-state index in [0.29, 0.717) is 19.0 Å². The summed E-state index contributed by atoms with van der Waals surface area (Å²) in [7, 11) is -3.51. The highest BCUT2D eigenvalue weighted by Crippen LogP contribution is 2.40. The van der Waals surface area contributed by atoms with Crippen molar-refractivity contribution in [1.82, 2.24) is 14.7 Å². The summed E-state index contributed by atoms with van der Waals surface area (Å²) in [6.07, 6.45) is 5.26. The molecule has 0 bridgehead atoms. The van der Waals surface area contributed by atoms with E-state index < -0.39 is 10.0 Å². The lowest BCUT2D eigenvalue weighted by atomic mass is 10.0. The lowest BCUT2D eigenvalue weighted by Crippen LogP contribution is -2.44. The topological polar surface area (TPSA) is 69.7 Å². The summed E-state index contributed by atoms with van der Waals surface area (Å²) in [5, 5.41) is 1.22. The molecule has 2 aromatic carbocycles. The van der Waals surface area contributed by atoms with Crippen molar-refractivity contribution < 1.29 is 13.2 Å². The van der Waals surface area contributed by atoms with Gasteiger partial charge in [-0.3, -0.25) is 0 Å². The standard InChI is InChI=1S/C22H27N3O3S/c1-29(27,28)23-25-16-21(20-13-11-19(12-14-20)18-9-10-18)24(22(25)26)15-5-8-17-6-3-2-4-7-17/h2-4,6-7,11-14,18,21,23H,5,8-10,15-16H2,1H3/t21-/m1/s1. The number of sulfonamides is 1. The number of hydrazine groups is 1. The summed E-state index contributed by atoms with van der Waals surface area (Å²) in [5.41, 5.74) is 3.62. The highest BCUT2D eigenvalue weighted by atomic mass is 32.2. The summed E-state index contributed by atoms with van der Waals surface area (Å²) in [6, 6.07) is 18.2. The van der Waals surface area contributed by atoms with Crippen LogP contribution >= 0.6 is 0 Å². The zero-order valence-electron chi connectivity index (χ0n) is 16.6. The van der Waals surface area contributed by atoms with Gasteiger partial charge < -0.3 is 4.90 Å². The third-order valence-electron chi connectivity index (χ3n) is 5.56. The summed E-state index contributed by atoms with van der Waals surface area (Å²) >= 11 is 0. The molecule has 1 atom stereocenters. The van der Waals surface area contributed by atoms with E-state index in [9.17, 15) is 13.2 Å². The quantitative estimate of drug-likeness (QED) is 0.721. The third-order valence-corrected chi connectivity index (χ3v) is 6.11. The minimum absolute atomic E-state index is 0.166. The second-order valence-electron chi connectivity index (χ2n) is 8.00. The maximum atomic E-state index is 12.9. The van der Waals surface area contributed by atoms with Gasteiger partial charge in [-0.25, -0.2) is 18.2 Å². The van der Waals surface area contributed by atoms with E-state index in [1.165, 1.54) is 29.0 Å². The molecule has 2 amide bonds. The fourth-order valence-corrected chi connectivity index (χ4v) is 4.51. The average molecular weight is 414 g/mol. The number of urea groups is 1. The predicted molar refractivity (Wildman–Crippen MR) is 113 cm³/mol. The molecule has 0 aromatic heterocycles. The van der Waals surface area contributed by atoms with E-state index in [1.807, 2.05) is 18.2 Å². The number of amides is 2. The molecule has 29 heavy (non-hydrogen) atoms. The molecular formula is C22H27N3O3S. The minimum Gasteiger partial charge on any atom is -0.315 e. The fourth-order valence-electron chi connectivity index (χ4n) is 3.96. The predicted octanol–water partition coefficient (Wildman–Crippen LogP) is 3.44. The van der Waals surface area contributed by atoms with Crippen molar-refractivity contribution in [3.05, 3.63) is 71.3 Å². The molecule has 154 valence electrons. The van der Waals surface area contributed by atoms with Crippen LogP contribution in [-0.2, 0) is 16.4 Å². The number of aryl methyl sites for hydroxylation is 1. The van der Waals surface area contributed by atoms with Crippen LogP contribution in [-0.4, -0.2) is 43.7 Å². The van der Waals surface area contributed by atoms with Crippen molar-refractivity contribution >= 4 is 16.1 Å². The number of benzene rings is 2. The summed E-state index contributed by atoms with van der Waals surface area (Å²) < 4.78 is 23.4. The smallest absolute Gasteiger partial charge is 0.315 e. The molecule has 0 unspecified atom stereocenters. The first-order valence-corrected chi connectivity index (χ1v) is 12.0. The number of nitrogens with one attached hydrogen (secondary N) is 1. The maximum Gasteiger partial charge on any atom is 0.335 e. The Kier molecular flexibility index (Phi) is 5.61. The van der Waals surface area contributed by atoms with Crippen molar-refractivity contribution in [3.63, 3.8) is 0 Å². The Morgan fingerprint density at radius 1 is 1.00 bits per heavy atom. The van der Waals surface area contributed by atoms with Gasteiger partial charge in [0.1, 0.15) is 0 Å². The monoisotopic (exact) mass is 413 g/mol. The molecule has 0 radical (unpaired) electrons. The molecule has 4 rings (SSSR count). The van der Waals surface area contributed by atoms with Gasteiger partial charge in [-0.1, -0.05) is 54.6 Å². The Bertz CT molecular complexity index is 957. The van der Waals surface area contributed by atoms with Crippen molar-refractivity contribution in [3.8, 4) is 0 Å². The van der Waals surface area contributed by atoms with Crippen molar-refractivity contribution in [2.75, 3.05) is 19.3 Å². The Morgan fingerprint density at radius 3 is 2.28 bits per heavy atom. The van der Waals surface area contributed by atoms with Crippen LogP contribution in [0.3, 0.4) is 0 Å². The van der Waals surface area contributed by atoms with Crippen molar-refractivity contribution in [1.29, 1.82) is 0 Å². The second kappa shape index (κ2) is 8.16. The molecule has 2 aliphatic rings. The van der Waals surface area contributed by atoms with Gasteiger partial charge in [0.2, 0.25) is 10.0 Å². The number of carbonyl (C=O) groups is 1. The second-order valence-corrected chi connectivity index (χ2v) is 9.72. The fraction of sp³-hybridized carbons (Fsp3) is 0.409. The first-order chi connectivity index (χ1) is 13.9. The van der Waals surface area contributed by atoms with E-state index in [-0.39, 0.29) is 12.1 Å². The third kappa shape index (κ3) is 4.97. The van der Waals surface area contributed by atoms with Gasteiger partial charge in [-0.15, -0.1) is 4.83 Å². The lowest BCUT2D eigenvalue weighted by molar-refractivity contribution is 0.181. The summed E-state index contributed by atoms with van der Waals surface area (Å²) in [6.45, 7) is 0.880. The normalized spacial score (nSPS) is 19.8. The van der Waals surface area contributed by atoms with E-state index in [4.69, 9.17) is 0 Å². The highest BCUT2D eigenvalue weighted by Gasteiger charge is 2.39. The molecule has 6 nitrogen and oxygen atoms in total. The summed E-state index contributed by atoms with van der Waals surface area (Å²) in [4.78, 5) is 17.1. The van der Waals surface area contributed by atoms with Crippen LogP contribution in [0.2, 0.25) is 0 Å². The molecular weight excluding hydrogens is 386 g/mol. The molecule has 2 aromatic rings. The van der Waals surface area contributed by atoms with Gasteiger partial charge in [-0.2, -0.15) is 0 Å². The maximum absolute atomic E-state index is 12.9. The number of hydrogen-bond donors (Lipinski definition) is 1. The number of carbonyl (C=O) groups excluding carboxylic acids is 1. The zero-order chi connectivity index (χ0) is 20.4. The van der Waals surface area contributed by atoms with Crippen LogP contribution in [0.5, 0.6) is 0 Å². The Morgan fingerprint density at radius 2 is 1.66 bits per heavy atom. The van der Waals surface area contributed by atoms with Crippen molar-refractivity contribution in [2.45, 2.75) is 37.6 Å². The molecule has 0 spiro atoms. The van der Waals surface area contributed by atoms with Crippen LogP contribution in [0.25, 0.3) is 0 Å². The van der Waals surface area contributed by atoms with E-state index in [0.717, 1.165) is 24.7 Å². The Hall–Kier alpha value is -2.38. The number of rotatable bonds is 8. The van der Waals surface area contributed by atoms with E-state index in [1.54, 1.807) is 4.90 Å². The average Bonchev–Trinajstić information content (AvgIpc) is 3.50. The number of nitrogens with zero attached hydrogens (tertiary/aromatic N) is 2. The molecule has 1 N–H and O–H groups in total. The van der Waals surface area contributed by atoms with E-state index >= 15 is 0 Å². The van der Waals surface area contributed by atoms with Gasteiger partial charge in [0.15, 0.2) is 0 Å². The Labute approximate surface area is 172 Å². The number of hydrogen-bond acceptors (Lipinski definition) is 3. The van der Waals surface area contributed by atoms with Gasteiger partial charge >= 0.3 is 6.03 Å². The molecule has 1 heterocycles. The van der Waals surface area contributed by atoms with Crippen LogP contribution in [0.15, 0.2) is 54.6 Å².